The first-order valence-corrected chi connectivity index (χ1v) is 7.80. The maximum Gasteiger partial charge on any atom is 0.187 e. The van der Waals surface area contributed by atoms with Gasteiger partial charge in [0.25, 0.3) is 0 Å². The summed E-state index contributed by atoms with van der Waals surface area (Å²) in [5.41, 5.74) is 0. The highest BCUT2D eigenvalue weighted by Gasteiger charge is 2.50. The molecule has 6 heteroatoms. The van der Waals surface area contributed by atoms with E-state index in [1.165, 1.54) is 0 Å². The maximum absolute atomic E-state index is 10.2. The average Bonchev–Trinajstić information content (AvgIpc) is 2.91. The lowest BCUT2D eigenvalue weighted by Gasteiger charge is -2.23. The fraction of sp³-hybridized carbons (Fsp3) is 0.600. The third-order valence-corrected chi connectivity index (χ3v) is 4.10. The van der Waals surface area contributed by atoms with Crippen LogP contribution in [0.3, 0.4) is 0 Å². The Morgan fingerprint density at radius 2 is 2.05 bits per heavy atom. The number of aliphatic hydroxyl groups excluding tert-OH is 1. The van der Waals surface area contributed by atoms with E-state index in [1.54, 1.807) is 0 Å². The second kappa shape index (κ2) is 5.85. The maximum atomic E-state index is 10.2. The minimum atomic E-state index is -0.713. The van der Waals surface area contributed by atoms with Crippen LogP contribution in [-0.2, 0) is 14.2 Å². The van der Waals surface area contributed by atoms with Crippen LogP contribution >= 0.6 is 15.9 Å². The van der Waals surface area contributed by atoms with E-state index in [0.29, 0.717) is 12.2 Å². The molecule has 0 bridgehead atoms. The van der Waals surface area contributed by atoms with E-state index in [9.17, 15) is 5.11 Å². The number of hydrogen-bond donors (Lipinski definition) is 1. The molecule has 21 heavy (non-hydrogen) atoms. The van der Waals surface area contributed by atoms with Crippen molar-refractivity contribution in [3.8, 4) is 5.75 Å². The van der Waals surface area contributed by atoms with Gasteiger partial charge in [-0.05, 0) is 38.1 Å². The minimum absolute atomic E-state index is 0.118. The summed E-state index contributed by atoms with van der Waals surface area (Å²) in [5, 5.41) is 10.2. The van der Waals surface area contributed by atoms with Gasteiger partial charge in [0, 0.05) is 10.9 Å². The zero-order valence-corrected chi connectivity index (χ0v) is 13.6. The van der Waals surface area contributed by atoms with Crippen molar-refractivity contribution in [2.75, 3.05) is 6.61 Å². The first-order valence-electron chi connectivity index (χ1n) is 7.00. The van der Waals surface area contributed by atoms with Crippen molar-refractivity contribution in [3.05, 3.63) is 28.7 Å². The second-order valence-corrected chi connectivity index (χ2v) is 6.70. The van der Waals surface area contributed by atoms with Crippen molar-refractivity contribution in [3.63, 3.8) is 0 Å². The van der Waals surface area contributed by atoms with Crippen LogP contribution < -0.4 is 4.74 Å². The smallest absolute Gasteiger partial charge is 0.187 e. The molecule has 0 saturated carbocycles. The van der Waals surface area contributed by atoms with Crippen molar-refractivity contribution < 1.29 is 24.1 Å². The van der Waals surface area contributed by atoms with Crippen LogP contribution in [0.2, 0.25) is 0 Å². The molecule has 0 radical (unpaired) electrons. The molecular weight excluding hydrogens is 340 g/mol. The van der Waals surface area contributed by atoms with Gasteiger partial charge in [-0.2, -0.15) is 0 Å². The summed E-state index contributed by atoms with van der Waals surface area (Å²) in [4.78, 5) is 0. The zero-order chi connectivity index (χ0) is 15.0. The van der Waals surface area contributed by atoms with Crippen LogP contribution in [0.25, 0.3) is 0 Å². The van der Waals surface area contributed by atoms with E-state index in [-0.39, 0.29) is 18.8 Å². The van der Waals surface area contributed by atoms with Gasteiger partial charge in [-0.25, -0.2) is 0 Å². The molecule has 0 spiro atoms. The number of hydrogen-bond acceptors (Lipinski definition) is 5. The van der Waals surface area contributed by atoms with Crippen molar-refractivity contribution in [2.24, 2.45) is 0 Å². The van der Waals surface area contributed by atoms with Crippen LogP contribution in [0.1, 0.15) is 20.3 Å². The molecule has 2 aliphatic heterocycles. The molecule has 2 aliphatic rings. The van der Waals surface area contributed by atoms with E-state index in [4.69, 9.17) is 18.9 Å². The molecule has 5 nitrogen and oxygen atoms in total. The Balaban J connectivity index is 1.49. The molecule has 0 amide bonds. The quantitative estimate of drug-likeness (QED) is 0.895. The van der Waals surface area contributed by atoms with Crippen molar-refractivity contribution in [2.45, 2.75) is 50.7 Å². The summed E-state index contributed by atoms with van der Waals surface area (Å²) in [6.07, 6.45) is -0.945. The number of halogens is 1. The number of rotatable bonds is 4. The van der Waals surface area contributed by atoms with Gasteiger partial charge in [0.1, 0.15) is 24.6 Å². The second-order valence-electron chi connectivity index (χ2n) is 5.78. The lowest BCUT2D eigenvalue weighted by molar-refractivity contribution is -0.215. The molecule has 0 aliphatic carbocycles. The van der Waals surface area contributed by atoms with Gasteiger partial charge in [0.2, 0.25) is 0 Å². The van der Waals surface area contributed by atoms with Gasteiger partial charge in [-0.15, -0.1) is 0 Å². The zero-order valence-electron chi connectivity index (χ0n) is 12.0. The summed E-state index contributed by atoms with van der Waals surface area (Å²) < 4.78 is 23.6. The van der Waals surface area contributed by atoms with E-state index >= 15 is 0 Å². The van der Waals surface area contributed by atoms with E-state index in [1.807, 2.05) is 38.1 Å². The lowest BCUT2D eigenvalue weighted by atomic mass is 10.1. The van der Waals surface area contributed by atoms with Crippen LogP contribution in [0.5, 0.6) is 5.75 Å². The largest absolute Gasteiger partial charge is 0.491 e. The molecule has 2 fully saturated rings. The van der Waals surface area contributed by atoms with Gasteiger partial charge < -0.3 is 24.1 Å². The SMILES string of the molecule is CC1(C)OC2CC(C(O)COc3ccc(Br)cc3)OC2O1. The van der Waals surface area contributed by atoms with Gasteiger partial charge in [-0.1, -0.05) is 15.9 Å². The minimum Gasteiger partial charge on any atom is -0.491 e. The van der Waals surface area contributed by atoms with Gasteiger partial charge in [0.05, 0.1) is 6.10 Å². The number of benzene rings is 1. The van der Waals surface area contributed by atoms with Gasteiger partial charge >= 0.3 is 0 Å². The fourth-order valence-corrected chi connectivity index (χ4v) is 2.87. The molecule has 2 saturated heterocycles. The highest BCUT2D eigenvalue weighted by Crippen LogP contribution is 2.37. The molecule has 116 valence electrons. The Bertz CT molecular complexity index is 473. The van der Waals surface area contributed by atoms with Crippen LogP contribution in [0.15, 0.2) is 28.7 Å². The normalized spacial score (nSPS) is 31.9. The van der Waals surface area contributed by atoms with Crippen LogP contribution in [0, 0.1) is 0 Å². The lowest BCUT2D eigenvalue weighted by Crippen LogP contribution is -2.34. The van der Waals surface area contributed by atoms with Crippen LogP contribution in [0.4, 0.5) is 0 Å². The highest BCUT2D eigenvalue weighted by molar-refractivity contribution is 9.10. The highest BCUT2D eigenvalue weighted by atomic mass is 79.9. The van der Waals surface area contributed by atoms with Gasteiger partial charge in [0.15, 0.2) is 12.1 Å². The number of ether oxygens (including phenoxy) is 4. The van der Waals surface area contributed by atoms with E-state index < -0.39 is 18.2 Å². The van der Waals surface area contributed by atoms with E-state index in [0.717, 1.165) is 4.47 Å². The molecule has 2 heterocycles. The number of fused-ring (bicyclic) bond motifs is 1. The Morgan fingerprint density at radius 1 is 1.33 bits per heavy atom. The standard InChI is InChI=1S/C15H19BrO5/c1-15(2)20-13-7-12(19-14(13)21-15)11(17)8-18-10-5-3-9(16)4-6-10/h3-6,11-14,17H,7-8H2,1-2H3. The van der Waals surface area contributed by atoms with Crippen molar-refractivity contribution >= 4 is 15.9 Å². The molecule has 1 N–H and O–H groups in total. The Morgan fingerprint density at radius 3 is 2.71 bits per heavy atom. The molecule has 4 atom stereocenters. The summed E-state index contributed by atoms with van der Waals surface area (Å²) in [6.45, 7) is 3.89. The van der Waals surface area contributed by atoms with Crippen LogP contribution in [-0.4, -0.2) is 42.1 Å². The topological polar surface area (TPSA) is 57.2 Å². The first kappa shape index (κ1) is 15.2. The number of aliphatic hydroxyl groups is 1. The molecule has 1 aromatic rings. The predicted molar refractivity (Wildman–Crippen MR) is 79.0 cm³/mol. The van der Waals surface area contributed by atoms with Crippen molar-refractivity contribution in [1.29, 1.82) is 0 Å². The molecule has 3 rings (SSSR count). The van der Waals surface area contributed by atoms with E-state index in [2.05, 4.69) is 15.9 Å². The molecule has 0 aromatic heterocycles. The first-order chi connectivity index (χ1) is 9.93. The summed E-state index contributed by atoms with van der Waals surface area (Å²) in [6, 6.07) is 7.47. The monoisotopic (exact) mass is 358 g/mol. The summed E-state index contributed by atoms with van der Waals surface area (Å²) in [5.74, 6) is 0.100. The van der Waals surface area contributed by atoms with Crippen molar-refractivity contribution in [1.82, 2.24) is 0 Å². The third-order valence-electron chi connectivity index (χ3n) is 3.58. The predicted octanol–water partition coefficient (Wildman–Crippen LogP) is 2.46. The Labute approximate surface area is 132 Å². The molecule has 4 unspecified atom stereocenters. The Kier molecular flexibility index (Phi) is 4.25. The summed E-state index contributed by atoms with van der Waals surface area (Å²) >= 11 is 3.36. The third kappa shape index (κ3) is 3.57. The average molecular weight is 359 g/mol. The summed E-state index contributed by atoms with van der Waals surface area (Å²) in [7, 11) is 0. The molecular formula is C15H19BrO5. The molecule has 1 aromatic carbocycles. The Hall–Kier alpha value is -0.660. The fourth-order valence-electron chi connectivity index (χ4n) is 2.60. The van der Waals surface area contributed by atoms with Gasteiger partial charge in [-0.3, -0.25) is 0 Å².